The fraction of sp³-hybridized carbons (Fsp3) is 0.778. The Morgan fingerprint density at radius 3 is 2.14 bits per heavy atom. The third-order valence-electron chi connectivity index (χ3n) is 4.30. The van der Waals surface area contributed by atoms with E-state index in [1.54, 1.807) is 0 Å². The van der Waals surface area contributed by atoms with Crippen LogP contribution in [0.1, 0.15) is 72.3 Å². The summed E-state index contributed by atoms with van der Waals surface area (Å²) in [5, 5.41) is 9.44. The van der Waals surface area contributed by atoms with Gasteiger partial charge in [0, 0.05) is 29.5 Å². The number of anilines is 1. The number of aliphatic hydroxyl groups is 1. The Bertz CT molecular complexity index is 478. The highest BCUT2D eigenvalue weighted by Gasteiger charge is 2.29. The van der Waals surface area contributed by atoms with E-state index in [1.165, 1.54) is 19.3 Å². The van der Waals surface area contributed by atoms with Crippen molar-refractivity contribution >= 4 is 5.82 Å². The van der Waals surface area contributed by atoms with Gasteiger partial charge < -0.3 is 10.0 Å². The maximum Gasteiger partial charge on any atom is 0.136 e. The van der Waals surface area contributed by atoms with Crippen LogP contribution < -0.4 is 4.90 Å². The molecule has 4 heteroatoms. The zero-order valence-electron chi connectivity index (χ0n) is 15.0. The lowest BCUT2D eigenvalue weighted by molar-refractivity contribution is 0.282. The normalized spacial score (nSPS) is 16.5. The molecule has 0 aliphatic heterocycles. The van der Waals surface area contributed by atoms with E-state index in [4.69, 9.17) is 9.97 Å². The molecule has 1 saturated carbocycles. The van der Waals surface area contributed by atoms with Crippen molar-refractivity contribution in [3.63, 3.8) is 0 Å². The Labute approximate surface area is 135 Å². The molecule has 1 fully saturated rings. The summed E-state index contributed by atoms with van der Waals surface area (Å²) in [7, 11) is 0. The van der Waals surface area contributed by atoms with Crippen molar-refractivity contribution in [2.24, 2.45) is 0 Å². The largest absolute Gasteiger partial charge is 0.395 e. The number of aliphatic hydroxyl groups excluding tert-OH is 1. The van der Waals surface area contributed by atoms with Gasteiger partial charge in [0.15, 0.2) is 0 Å². The predicted octanol–water partition coefficient (Wildman–Crippen LogP) is 3.42. The van der Waals surface area contributed by atoms with Gasteiger partial charge in [-0.3, -0.25) is 0 Å². The molecule has 0 radical (unpaired) electrons. The first-order chi connectivity index (χ1) is 10.1. The molecule has 22 heavy (non-hydrogen) atoms. The highest BCUT2D eigenvalue weighted by molar-refractivity contribution is 5.44. The van der Waals surface area contributed by atoms with Gasteiger partial charge in [-0.05, 0) is 19.3 Å². The summed E-state index contributed by atoms with van der Waals surface area (Å²) in [6.45, 7) is 13.8. The first kappa shape index (κ1) is 17.2. The SMILES string of the molecule is CC(C)(C)c1cc(N(CCO)C2CCC2)nc(C(C)(C)C)n1. The number of nitrogens with zero attached hydrogens (tertiary/aromatic N) is 3. The average Bonchev–Trinajstić information content (AvgIpc) is 2.33. The highest BCUT2D eigenvalue weighted by Crippen LogP contribution is 2.32. The maximum atomic E-state index is 9.44. The van der Waals surface area contributed by atoms with Crippen LogP contribution >= 0.6 is 0 Å². The van der Waals surface area contributed by atoms with Crippen LogP contribution in [0.3, 0.4) is 0 Å². The van der Waals surface area contributed by atoms with Gasteiger partial charge in [-0.15, -0.1) is 0 Å². The van der Waals surface area contributed by atoms with Gasteiger partial charge in [0.25, 0.3) is 0 Å². The summed E-state index contributed by atoms with van der Waals surface area (Å²) in [6.07, 6.45) is 3.66. The van der Waals surface area contributed by atoms with Crippen molar-refractivity contribution in [1.29, 1.82) is 0 Å². The van der Waals surface area contributed by atoms with E-state index in [-0.39, 0.29) is 17.4 Å². The minimum absolute atomic E-state index is 0.0117. The van der Waals surface area contributed by atoms with Gasteiger partial charge in [0.2, 0.25) is 0 Å². The van der Waals surface area contributed by atoms with Crippen LogP contribution in [0.25, 0.3) is 0 Å². The summed E-state index contributed by atoms with van der Waals surface area (Å²) in [4.78, 5) is 11.9. The highest BCUT2D eigenvalue weighted by atomic mass is 16.3. The summed E-state index contributed by atoms with van der Waals surface area (Å²) < 4.78 is 0. The third kappa shape index (κ3) is 3.78. The van der Waals surface area contributed by atoms with Crippen LogP contribution in [0.5, 0.6) is 0 Å². The Hall–Kier alpha value is -1.16. The molecule has 2 rings (SSSR count). The van der Waals surface area contributed by atoms with Crippen LogP contribution in [-0.4, -0.2) is 34.3 Å². The Morgan fingerprint density at radius 1 is 1.09 bits per heavy atom. The minimum Gasteiger partial charge on any atom is -0.395 e. The van der Waals surface area contributed by atoms with E-state index in [1.807, 2.05) is 0 Å². The van der Waals surface area contributed by atoms with E-state index in [0.29, 0.717) is 12.6 Å². The van der Waals surface area contributed by atoms with E-state index in [9.17, 15) is 5.11 Å². The fourth-order valence-electron chi connectivity index (χ4n) is 2.59. The fourth-order valence-corrected chi connectivity index (χ4v) is 2.59. The van der Waals surface area contributed by atoms with Crippen molar-refractivity contribution in [2.75, 3.05) is 18.1 Å². The predicted molar refractivity (Wildman–Crippen MR) is 91.5 cm³/mol. The summed E-state index contributed by atoms with van der Waals surface area (Å²) >= 11 is 0. The van der Waals surface area contributed by atoms with Crippen molar-refractivity contribution in [3.8, 4) is 0 Å². The molecule has 1 N–H and O–H groups in total. The van der Waals surface area contributed by atoms with Gasteiger partial charge in [0.05, 0.1) is 12.3 Å². The summed E-state index contributed by atoms with van der Waals surface area (Å²) in [6, 6.07) is 2.63. The second kappa shape index (κ2) is 6.15. The Balaban J connectivity index is 2.48. The number of rotatable bonds is 4. The van der Waals surface area contributed by atoms with Crippen molar-refractivity contribution in [1.82, 2.24) is 9.97 Å². The molecule has 0 bridgehead atoms. The van der Waals surface area contributed by atoms with Gasteiger partial charge in [-0.25, -0.2) is 9.97 Å². The molecule has 0 aromatic carbocycles. The molecule has 1 aromatic rings. The Morgan fingerprint density at radius 2 is 1.73 bits per heavy atom. The Kier molecular flexibility index (Phi) is 4.81. The zero-order valence-corrected chi connectivity index (χ0v) is 15.0. The van der Waals surface area contributed by atoms with Gasteiger partial charge >= 0.3 is 0 Å². The smallest absolute Gasteiger partial charge is 0.136 e. The maximum absolute atomic E-state index is 9.44. The molecule has 0 atom stereocenters. The molecule has 1 heterocycles. The van der Waals surface area contributed by atoms with Gasteiger partial charge in [0.1, 0.15) is 11.6 Å². The number of hydrogen-bond donors (Lipinski definition) is 1. The second-order valence-electron chi connectivity index (χ2n) is 8.44. The van der Waals surface area contributed by atoms with Gasteiger partial charge in [-0.1, -0.05) is 41.5 Å². The second-order valence-corrected chi connectivity index (χ2v) is 8.44. The van der Waals surface area contributed by atoms with Crippen molar-refractivity contribution in [3.05, 3.63) is 17.6 Å². The molecule has 124 valence electrons. The topological polar surface area (TPSA) is 49.2 Å². The van der Waals surface area contributed by atoms with Gasteiger partial charge in [-0.2, -0.15) is 0 Å². The molecule has 0 spiro atoms. The standard InChI is InChI=1S/C18H31N3O/c1-17(2,3)14-12-15(20-16(19-14)18(4,5)6)21(10-11-22)13-8-7-9-13/h12-13,22H,7-11H2,1-6H3. The third-order valence-corrected chi connectivity index (χ3v) is 4.30. The summed E-state index contributed by atoms with van der Waals surface area (Å²) in [5.74, 6) is 1.86. The lowest BCUT2D eigenvalue weighted by atomic mass is 9.89. The van der Waals surface area contributed by atoms with Crippen molar-refractivity contribution < 1.29 is 5.11 Å². The first-order valence-electron chi connectivity index (χ1n) is 8.40. The van der Waals surface area contributed by atoms with E-state index >= 15 is 0 Å². The quantitative estimate of drug-likeness (QED) is 0.926. The van der Waals surface area contributed by atoms with Crippen LogP contribution in [0, 0.1) is 0 Å². The number of aromatic nitrogens is 2. The molecule has 0 saturated heterocycles. The van der Waals surface area contributed by atoms with Crippen molar-refractivity contribution in [2.45, 2.75) is 77.7 Å². The van der Waals surface area contributed by atoms with Crippen LogP contribution in [0.4, 0.5) is 5.82 Å². The zero-order chi connectivity index (χ0) is 16.5. The molecule has 4 nitrogen and oxygen atoms in total. The molecular weight excluding hydrogens is 274 g/mol. The van der Waals surface area contributed by atoms with Crippen LogP contribution in [-0.2, 0) is 10.8 Å². The molecule has 1 aliphatic carbocycles. The molecule has 1 aliphatic rings. The monoisotopic (exact) mass is 305 g/mol. The van der Waals surface area contributed by atoms with E-state index < -0.39 is 0 Å². The van der Waals surface area contributed by atoms with E-state index in [0.717, 1.165) is 17.3 Å². The molecule has 0 unspecified atom stereocenters. The lowest BCUT2D eigenvalue weighted by Crippen LogP contribution is -2.43. The molecular formula is C18H31N3O. The lowest BCUT2D eigenvalue weighted by Gasteiger charge is -2.39. The minimum atomic E-state index is -0.0828. The van der Waals surface area contributed by atoms with E-state index in [2.05, 4.69) is 52.5 Å². The molecule has 0 amide bonds. The summed E-state index contributed by atoms with van der Waals surface area (Å²) in [5.41, 5.74) is 0.979. The molecule has 1 aromatic heterocycles. The van der Waals surface area contributed by atoms with Crippen LogP contribution in [0.2, 0.25) is 0 Å². The average molecular weight is 305 g/mol. The first-order valence-corrected chi connectivity index (χ1v) is 8.40. The van der Waals surface area contributed by atoms with Crippen LogP contribution in [0.15, 0.2) is 6.07 Å². The number of hydrogen-bond acceptors (Lipinski definition) is 4.